The highest BCUT2D eigenvalue weighted by atomic mass is 19.4. The average Bonchev–Trinajstić information content (AvgIpc) is 2.55. The monoisotopic (exact) mass is 246 g/mol. The summed E-state index contributed by atoms with van der Waals surface area (Å²) in [6.07, 6.45) is -3.54. The SMILES string of the molecule is O=C1Cc2cnc(NCCC(F)(F)F)nc2N1. The number of alkyl halides is 3. The molecule has 17 heavy (non-hydrogen) atoms. The lowest BCUT2D eigenvalue weighted by Crippen LogP contribution is -2.16. The molecule has 0 saturated heterocycles. The van der Waals surface area contributed by atoms with Gasteiger partial charge in [-0.2, -0.15) is 18.2 Å². The maximum absolute atomic E-state index is 11.9. The number of carbonyl (C=O) groups excluding carboxylic acids is 1. The summed E-state index contributed by atoms with van der Waals surface area (Å²) < 4.78 is 35.7. The van der Waals surface area contributed by atoms with Crippen LogP contribution in [0, 0.1) is 0 Å². The Morgan fingerprint density at radius 1 is 1.47 bits per heavy atom. The van der Waals surface area contributed by atoms with E-state index < -0.39 is 12.6 Å². The second-order valence-electron chi connectivity index (χ2n) is 3.58. The van der Waals surface area contributed by atoms with E-state index in [1.807, 2.05) is 0 Å². The van der Waals surface area contributed by atoms with Crippen LogP contribution in [-0.2, 0) is 11.2 Å². The number of halogens is 3. The molecule has 0 aliphatic carbocycles. The van der Waals surface area contributed by atoms with Crippen molar-refractivity contribution in [3.05, 3.63) is 11.8 Å². The van der Waals surface area contributed by atoms with E-state index in [-0.39, 0.29) is 24.8 Å². The van der Waals surface area contributed by atoms with Crippen molar-refractivity contribution < 1.29 is 18.0 Å². The zero-order valence-corrected chi connectivity index (χ0v) is 8.64. The quantitative estimate of drug-likeness (QED) is 0.844. The maximum atomic E-state index is 11.9. The third-order valence-corrected chi connectivity index (χ3v) is 2.16. The fourth-order valence-corrected chi connectivity index (χ4v) is 1.39. The Morgan fingerprint density at radius 2 is 2.24 bits per heavy atom. The molecule has 0 unspecified atom stereocenters. The first kappa shape index (κ1) is 11.6. The molecular weight excluding hydrogens is 237 g/mol. The van der Waals surface area contributed by atoms with Crippen LogP contribution >= 0.6 is 0 Å². The number of hydrogen-bond acceptors (Lipinski definition) is 4. The van der Waals surface area contributed by atoms with Gasteiger partial charge >= 0.3 is 6.18 Å². The molecule has 1 amide bonds. The largest absolute Gasteiger partial charge is 0.390 e. The third kappa shape index (κ3) is 3.05. The number of fused-ring (bicyclic) bond motifs is 1. The zero-order chi connectivity index (χ0) is 12.5. The molecule has 0 atom stereocenters. The van der Waals surface area contributed by atoms with Crippen molar-refractivity contribution >= 4 is 17.7 Å². The van der Waals surface area contributed by atoms with Gasteiger partial charge in [-0.25, -0.2) is 4.98 Å². The van der Waals surface area contributed by atoms with Gasteiger partial charge in [-0.3, -0.25) is 4.79 Å². The van der Waals surface area contributed by atoms with Crippen molar-refractivity contribution in [3.63, 3.8) is 0 Å². The summed E-state index contributed by atoms with van der Waals surface area (Å²) in [7, 11) is 0. The number of carbonyl (C=O) groups is 1. The van der Waals surface area contributed by atoms with E-state index in [0.29, 0.717) is 11.4 Å². The topological polar surface area (TPSA) is 66.9 Å². The molecule has 2 N–H and O–H groups in total. The highest BCUT2D eigenvalue weighted by Gasteiger charge is 2.26. The first-order chi connectivity index (χ1) is 7.94. The van der Waals surface area contributed by atoms with Crippen LogP contribution in [0.5, 0.6) is 0 Å². The number of nitrogens with one attached hydrogen (secondary N) is 2. The molecule has 0 saturated carbocycles. The molecule has 0 aromatic carbocycles. The summed E-state index contributed by atoms with van der Waals surface area (Å²) in [6.45, 7) is -0.295. The predicted molar refractivity (Wildman–Crippen MR) is 53.5 cm³/mol. The van der Waals surface area contributed by atoms with E-state index in [1.165, 1.54) is 6.20 Å². The van der Waals surface area contributed by atoms with Crippen molar-refractivity contribution in [2.24, 2.45) is 0 Å². The van der Waals surface area contributed by atoms with Gasteiger partial charge in [0.2, 0.25) is 11.9 Å². The molecule has 0 fully saturated rings. The lowest BCUT2D eigenvalue weighted by Gasteiger charge is -2.08. The Labute approximate surface area is 94.4 Å². The summed E-state index contributed by atoms with van der Waals surface area (Å²) in [5, 5.41) is 4.94. The lowest BCUT2D eigenvalue weighted by atomic mass is 10.3. The summed E-state index contributed by atoms with van der Waals surface area (Å²) >= 11 is 0. The molecule has 0 spiro atoms. The molecule has 2 heterocycles. The summed E-state index contributed by atoms with van der Waals surface area (Å²) in [6, 6.07) is 0. The van der Waals surface area contributed by atoms with Crippen LogP contribution in [0.1, 0.15) is 12.0 Å². The van der Waals surface area contributed by atoms with Crippen molar-refractivity contribution in [3.8, 4) is 0 Å². The van der Waals surface area contributed by atoms with Crippen molar-refractivity contribution in [1.82, 2.24) is 9.97 Å². The van der Waals surface area contributed by atoms with Gasteiger partial charge in [-0.1, -0.05) is 0 Å². The van der Waals surface area contributed by atoms with E-state index in [4.69, 9.17) is 0 Å². The minimum Gasteiger partial charge on any atom is -0.354 e. The van der Waals surface area contributed by atoms with Crippen LogP contribution in [0.15, 0.2) is 6.20 Å². The van der Waals surface area contributed by atoms with E-state index in [1.54, 1.807) is 0 Å². The van der Waals surface area contributed by atoms with Gasteiger partial charge in [0.15, 0.2) is 0 Å². The number of amides is 1. The first-order valence-electron chi connectivity index (χ1n) is 4.90. The van der Waals surface area contributed by atoms with Crippen LogP contribution in [-0.4, -0.2) is 28.6 Å². The Hall–Kier alpha value is -1.86. The molecule has 1 aromatic heterocycles. The molecule has 92 valence electrons. The van der Waals surface area contributed by atoms with Crippen LogP contribution < -0.4 is 10.6 Å². The van der Waals surface area contributed by atoms with Gasteiger partial charge in [-0.15, -0.1) is 0 Å². The van der Waals surface area contributed by atoms with Gasteiger partial charge in [-0.05, 0) is 0 Å². The second-order valence-corrected chi connectivity index (χ2v) is 3.58. The number of rotatable bonds is 3. The van der Waals surface area contributed by atoms with Crippen LogP contribution in [0.2, 0.25) is 0 Å². The molecule has 1 aliphatic rings. The minimum atomic E-state index is -4.21. The molecule has 2 rings (SSSR count). The fraction of sp³-hybridized carbons (Fsp3) is 0.444. The molecule has 8 heteroatoms. The van der Waals surface area contributed by atoms with Gasteiger partial charge in [0.25, 0.3) is 0 Å². The second kappa shape index (κ2) is 4.19. The van der Waals surface area contributed by atoms with Crippen LogP contribution in [0.25, 0.3) is 0 Å². The fourth-order valence-electron chi connectivity index (χ4n) is 1.39. The van der Waals surface area contributed by atoms with E-state index in [2.05, 4.69) is 20.6 Å². The van der Waals surface area contributed by atoms with Gasteiger partial charge in [0.1, 0.15) is 5.82 Å². The first-order valence-corrected chi connectivity index (χ1v) is 4.90. The van der Waals surface area contributed by atoms with Crippen LogP contribution in [0.4, 0.5) is 24.9 Å². The van der Waals surface area contributed by atoms with Crippen molar-refractivity contribution in [2.75, 3.05) is 17.2 Å². The summed E-state index contributed by atoms with van der Waals surface area (Å²) in [5.74, 6) is 0.247. The van der Waals surface area contributed by atoms with E-state index in [0.717, 1.165) is 0 Å². The molecule has 0 bridgehead atoms. The summed E-state index contributed by atoms with van der Waals surface area (Å²) in [4.78, 5) is 18.7. The maximum Gasteiger partial charge on any atom is 0.390 e. The summed E-state index contributed by atoms with van der Waals surface area (Å²) in [5.41, 5.74) is 0.649. The highest BCUT2D eigenvalue weighted by Crippen LogP contribution is 2.21. The Morgan fingerprint density at radius 3 is 2.94 bits per heavy atom. The normalized spacial score (nSPS) is 14.4. The van der Waals surface area contributed by atoms with Crippen molar-refractivity contribution in [2.45, 2.75) is 19.0 Å². The molecule has 1 aliphatic heterocycles. The Kier molecular flexibility index (Phi) is 2.86. The number of anilines is 2. The highest BCUT2D eigenvalue weighted by molar-refractivity contribution is 5.97. The van der Waals surface area contributed by atoms with Crippen molar-refractivity contribution in [1.29, 1.82) is 0 Å². The zero-order valence-electron chi connectivity index (χ0n) is 8.64. The van der Waals surface area contributed by atoms with E-state index in [9.17, 15) is 18.0 Å². The van der Waals surface area contributed by atoms with Crippen LogP contribution in [0.3, 0.4) is 0 Å². The third-order valence-electron chi connectivity index (χ3n) is 2.16. The Bertz CT molecular complexity index is 446. The van der Waals surface area contributed by atoms with Gasteiger partial charge < -0.3 is 10.6 Å². The standard InChI is InChI=1S/C9H9F3N4O/c10-9(11,12)1-2-13-8-14-4-5-3-6(17)15-7(5)16-8/h4H,1-3H2,(H2,13,14,15,16,17). The van der Waals surface area contributed by atoms with Gasteiger partial charge in [0, 0.05) is 18.3 Å². The van der Waals surface area contributed by atoms with Gasteiger partial charge in [0.05, 0.1) is 12.8 Å². The van der Waals surface area contributed by atoms with E-state index >= 15 is 0 Å². The average molecular weight is 246 g/mol. The number of aromatic nitrogens is 2. The number of nitrogens with zero attached hydrogens (tertiary/aromatic N) is 2. The minimum absolute atomic E-state index is 0.0789. The molecular formula is C9H9F3N4O. The predicted octanol–water partition coefficient (Wildman–Crippen LogP) is 1.34. The lowest BCUT2D eigenvalue weighted by molar-refractivity contribution is -0.131. The molecule has 0 radical (unpaired) electrons. The molecule has 5 nitrogen and oxygen atoms in total. The smallest absolute Gasteiger partial charge is 0.354 e. The number of hydrogen-bond donors (Lipinski definition) is 2. The Balaban J connectivity index is 1.95. The molecule has 1 aromatic rings.